The van der Waals surface area contributed by atoms with Gasteiger partial charge in [0.15, 0.2) is 5.82 Å². The first-order valence-electron chi connectivity index (χ1n) is 6.51. The molecule has 4 nitrogen and oxygen atoms in total. The third-order valence-corrected chi connectivity index (χ3v) is 3.33. The summed E-state index contributed by atoms with van der Waals surface area (Å²) in [5, 5.41) is 0.679. The maximum absolute atomic E-state index is 14.3. The van der Waals surface area contributed by atoms with Crippen LogP contribution in [0.15, 0.2) is 36.4 Å². The van der Waals surface area contributed by atoms with E-state index in [1.807, 2.05) is 0 Å². The molecule has 3 aromatic rings. The first-order valence-corrected chi connectivity index (χ1v) is 6.51. The van der Waals surface area contributed by atoms with Gasteiger partial charge >= 0.3 is 0 Å². The van der Waals surface area contributed by atoms with Crippen molar-refractivity contribution in [2.45, 2.75) is 0 Å². The number of rotatable bonds is 2. The van der Waals surface area contributed by atoms with Crippen LogP contribution < -0.4 is 10.5 Å². The van der Waals surface area contributed by atoms with Crippen LogP contribution >= 0.6 is 0 Å². The molecule has 0 aliphatic heterocycles. The molecule has 0 spiro atoms. The molecule has 2 aromatic carbocycles. The number of aromatic nitrogens is 2. The van der Waals surface area contributed by atoms with E-state index in [4.69, 9.17) is 16.9 Å². The van der Waals surface area contributed by atoms with Crippen molar-refractivity contribution in [3.8, 4) is 29.5 Å². The van der Waals surface area contributed by atoms with Crippen molar-refractivity contribution < 1.29 is 9.13 Å². The molecule has 0 saturated heterocycles. The lowest BCUT2D eigenvalue weighted by molar-refractivity contribution is 0.415. The largest absolute Gasteiger partial charge is 0.497 e. The van der Waals surface area contributed by atoms with E-state index < -0.39 is 5.82 Å². The van der Waals surface area contributed by atoms with Gasteiger partial charge in [0.2, 0.25) is 0 Å². The fourth-order valence-electron chi connectivity index (χ4n) is 2.20. The minimum absolute atomic E-state index is 0.158. The van der Waals surface area contributed by atoms with Gasteiger partial charge in [-0.3, -0.25) is 0 Å². The second kappa shape index (κ2) is 5.34. The number of methoxy groups -OCH3 is 1. The zero-order valence-electron chi connectivity index (χ0n) is 11.8. The number of hydrogen-bond donors (Lipinski definition) is 1. The molecule has 0 unspecified atom stereocenters. The van der Waals surface area contributed by atoms with Crippen LogP contribution in [0.5, 0.6) is 5.75 Å². The number of benzene rings is 2. The Bertz CT molecular complexity index is 916. The summed E-state index contributed by atoms with van der Waals surface area (Å²) >= 11 is 0. The SMILES string of the molecule is C#Cc1cccc(-c2nc(N)c3ccc(OC)cc3n2)c1F. The van der Waals surface area contributed by atoms with Crippen LogP contribution in [0.1, 0.15) is 5.56 Å². The molecule has 3 rings (SSSR count). The van der Waals surface area contributed by atoms with Gasteiger partial charge in [0, 0.05) is 11.5 Å². The third kappa shape index (κ3) is 2.21. The minimum atomic E-state index is -0.536. The quantitative estimate of drug-likeness (QED) is 0.738. The summed E-state index contributed by atoms with van der Waals surface area (Å²) in [5.41, 5.74) is 6.90. The highest BCUT2D eigenvalue weighted by atomic mass is 19.1. The molecule has 1 aromatic heterocycles. The predicted molar refractivity (Wildman–Crippen MR) is 83.8 cm³/mol. The minimum Gasteiger partial charge on any atom is -0.497 e. The van der Waals surface area contributed by atoms with Crippen LogP contribution in [-0.2, 0) is 0 Å². The van der Waals surface area contributed by atoms with E-state index in [9.17, 15) is 4.39 Å². The van der Waals surface area contributed by atoms with E-state index in [0.717, 1.165) is 0 Å². The normalized spacial score (nSPS) is 10.4. The van der Waals surface area contributed by atoms with Crippen LogP contribution in [0, 0.1) is 18.2 Å². The number of nitrogens with zero attached hydrogens (tertiary/aromatic N) is 2. The Morgan fingerprint density at radius 2 is 2.05 bits per heavy atom. The summed E-state index contributed by atoms with van der Waals surface area (Å²) in [6.45, 7) is 0. The van der Waals surface area contributed by atoms with Gasteiger partial charge in [-0.25, -0.2) is 14.4 Å². The molecule has 5 heteroatoms. The van der Waals surface area contributed by atoms with E-state index in [1.165, 1.54) is 6.07 Å². The maximum Gasteiger partial charge on any atom is 0.165 e. The number of hydrogen-bond acceptors (Lipinski definition) is 4. The summed E-state index contributed by atoms with van der Waals surface area (Å²) in [4.78, 5) is 8.55. The molecule has 22 heavy (non-hydrogen) atoms. The standard InChI is InChI=1S/C17H12FN3O/c1-3-10-5-4-6-13(15(10)18)17-20-14-9-11(22-2)7-8-12(14)16(19)21-17/h1,4-9H,2H3,(H2,19,20,21). The smallest absolute Gasteiger partial charge is 0.165 e. The fraction of sp³-hybridized carbons (Fsp3) is 0.0588. The van der Waals surface area contributed by atoms with Gasteiger partial charge in [-0.1, -0.05) is 12.0 Å². The number of ether oxygens (including phenoxy) is 1. The number of nitrogen functional groups attached to an aromatic ring is 1. The molecule has 0 amide bonds. The lowest BCUT2D eigenvalue weighted by Crippen LogP contribution is -2.00. The van der Waals surface area contributed by atoms with Crippen LogP contribution in [0.4, 0.5) is 10.2 Å². The molecule has 0 atom stereocenters. The molecule has 0 aliphatic rings. The molecule has 0 aliphatic carbocycles. The van der Waals surface area contributed by atoms with Crippen LogP contribution in [-0.4, -0.2) is 17.1 Å². The number of terminal acetylenes is 1. The molecule has 0 radical (unpaired) electrons. The Balaban J connectivity index is 2.26. The van der Waals surface area contributed by atoms with Crippen molar-refractivity contribution in [3.63, 3.8) is 0 Å². The van der Waals surface area contributed by atoms with Crippen LogP contribution in [0.25, 0.3) is 22.3 Å². The molecule has 0 saturated carbocycles. The monoisotopic (exact) mass is 293 g/mol. The number of anilines is 1. The summed E-state index contributed by atoms with van der Waals surface area (Å²) < 4.78 is 19.5. The number of nitrogens with two attached hydrogens (primary N) is 1. The molecule has 0 bridgehead atoms. The third-order valence-electron chi connectivity index (χ3n) is 3.33. The predicted octanol–water partition coefficient (Wildman–Crippen LogP) is 3.01. The van der Waals surface area contributed by atoms with Crippen molar-refractivity contribution in [1.29, 1.82) is 0 Å². The molecule has 0 fully saturated rings. The zero-order chi connectivity index (χ0) is 15.7. The highest BCUT2D eigenvalue weighted by molar-refractivity contribution is 5.90. The lowest BCUT2D eigenvalue weighted by Gasteiger charge is -2.08. The summed E-state index contributed by atoms with van der Waals surface area (Å²) in [7, 11) is 1.56. The Hall–Kier alpha value is -3.13. The van der Waals surface area contributed by atoms with Gasteiger partial charge in [0.25, 0.3) is 0 Å². The van der Waals surface area contributed by atoms with Crippen molar-refractivity contribution >= 4 is 16.7 Å². The first-order chi connectivity index (χ1) is 10.6. The number of halogens is 1. The van der Waals surface area contributed by atoms with Crippen LogP contribution in [0.2, 0.25) is 0 Å². The second-order valence-corrected chi connectivity index (χ2v) is 4.63. The topological polar surface area (TPSA) is 61.0 Å². The molecule has 1 heterocycles. The van der Waals surface area contributed by atoms with Crippen molar-refractivity contribution in [3.05, 3.63) is 47.8 Å². The van der Waals surface area contributed by atoms with Gasteiger partial charge < -0.3 is 10.5 Å². The average Bonchev–Trinajstić information content (AvgIpc) is 2.54. The van der Waals surface area contributed by atoms with E-state index in [-0.39, 0.29) is 22.8 Å². The average molecular weight is 293 g/mol. The molecular formula is C17H12FN3O. The first kappa shape index (κ1) is 13.8. The highest BCUT2D eigenvalue weighted by Gasteiger charge is 2.14. The second-order valence-electron chi connectivity index (χ2n) is 4.63. The van der Waals surface area contributed by atoms with Gasteiger partial charge in [0.1, 0.15) is 17.4 Å². The lowest BCUT2D eigenvalue weighted by atomic mass is 10.1. The van der Waals surface area contributed by atoms with Crippen molar-refractivity contribution in [2.24, 2.45) is 0 Å². The maximum atomic E-state index is 14.3. The van der Waals surface area contributed by atoms with E-state index in [0.29, 0.717) is 16.7 Å². The summed E-state index contributed by atoms with van der Waals surface area (Å²) in [6.07, 6.45) is 5.28. The van der Waals surface area contributed by atoms with Gasteiger partial charge in [-0.15, -0.1) is 6.42 Å². The van der Waals surface area contributed by atoms with Gasteiger partial charge in [-0.2, -0.15) is 0 Å². The van der Waals surface area contributed by atoms with E-state index in [1.54, 1.807) is 37.4 Å². The van der Waals surface area contributed by atoms with E-state index >= 15 is 0 Å². The molecular weight excluding hydrogens is 281 g/mol. The van der Waals surface area contributed by atoms with Gasteiger partial charge in [-0.05, 0) is 24.3 Å². The van der Waals surface area contributed by atoms with Crippen molar-refractivity contribution in [1.82, 2.24) is 9.97 Å². The molecule has 108 valence electrons. The Labute approximate surface area is 126 Å². The Kier molecular flexibility index (Phi) is 3.36. The highest BCUT2D eigenvalue weighted by Crippen LogP contribution is 2.28. The van der Waals surface area contributed by atoms with E-state index in [2.05, 4.69) is 15.9 Å². The molecule has 2 N–H and O–H groups in total. The van der Waals surface area contributed by atoms with Crippen molar-refractivity contribution in [2.75, 3.05) is 12.8 Å². The number of fused-ring (bicyclic) bond motifs is 1. The summed E-state index contributed by atoms with van der Waals surface area (Å²) in [6, 6.07) is 9.99. The summed E-state index contributed by atoms with van der Waals surface area (Å²) in [5.74, 6) is 2.85. The fourth-order valence-corrected chi connectivity index (χ4v) is 2.20. The Morgan fingerprint density at radius 3 is 2.77 bits per heavy atom. The van der Waals surface area contributed by atoms with Gasteiger partial charge in [0.05, 0.1) is 23.8 Å². The van der Waals surface area contributed by atoms with Crippen LogP contribution in [0.3, 0.4) is 0 Å². The zero-order valence-corrected chi connectivity index (χ0v) is 11.8. The Morgan fingerprint density at radius 1 is 1.23 bits per heavy atom.